The Hall–Kier alpha value is -1.79. The third kappa shape index (κ3) is 5.59. The van der Waals surface area contributed by atoms with Gasteiger partial charge in [-0.05, 0) is 56.2 Å². The minimum atomic E-state index is -0.707. The van der Waals surface area contributed by atoms with E-state index in [1.165, 1.54) is 5.69 Å². The van der Waals surface area contributed by atoms with Crippen molar-refractivity contribution in [2.45, 2.75) is 51.1 Å². The Bertz CT molecular complexity index is 622. The highest BCUT2D eigenvalue weighted by Crippen LogP contribution is 2.27. The van der Waals surface area contributed by atoms with Crippen molar-refractivity contribution in [1.29, 1.82) is 0 Å². The molecule has 1 heterocycles. The largest absolute Gasteiger partial charge is 0.481 e. The molecule has 0 aromatic heterocycles. The normalized spacial score (nSPS) is 23.4. The summed E-state index contributed by atoms with van der Waals surface area (Å²) in [5.74, 6) is -0.743. The van der Waals surface area contributed by atoms with E-state index in [2.05, 4.69) is 34.5 Å². The number of piperidine rings is 1. The molecule has 3 rings (SSSR count). The summed E-state index contributed by atoms with van der Waals surface area (Å²) in [6, 6.07) is 8.45. The average molecular weight is 396 g/mol. The van der Waals surface area contributed by atoms with Crippen molar-refractivity contribution in [2.24, 2.45) is 17.6 Å². The Morgan fingerprint density at radius 2 is 1.59 bits per heavy atom. The van der Waals surface area contributed by atoms with Crippen molar-refractivity contribution in [3.05, 3.63) is 29.8 Å². The molecule has 0 atom stereocenters. The van der Waals surface area contributed by atoms with Crippen LogP contribution in [0.1, 0.15) is 44.1 Å². The molecule has 4 N–H and O–H groups in total. The molecule has 1 aliphatic heterocycles. The molecule has 1 saturated heterocycles. The number of carboxylic acid groups (broad SMARTS) is 1. The van der Waals surface area contributed by atoms with Gasteiger partial charge >= 0.3 is 5.97 Å². The van der Waals surface area contributed by atoms with Crippen molar-refractivity contribution in [3.8, 4) is 0 Å². The summed E-state index contributed by atoms with van der Waals surface area (Å²) < 4.78 is 0. The van der Waals surface area contributed by atoms with Crippen LogP contribution in [0.3, 0.4) is 0 Å². The lowest BCUT2D eigenvalue weighted by molar-refractivity contribution is -0.142. The molecule has 0 bridgehead atoms. The predicted molar refractivity (Wildman–Crippen MR) is 108 cm³/mol. The number of hydrogen-bond donors (Lipinski definition) is 3. The number of halogens is 1. The first kappa shape index (κ1) is 21.5. The van der Waals surface area contributed by atoms with Crippen LogP contribution in [0, 0.1) is 11.8 Å². The third-order valence-corrected chi connectivity index (χ3v) is 5.83. The summed E-state index contributed by atoms with van der Waals surface area (Å²) >= 11 is 0. The summed E-state index contributed by atoms with van der Waals surface area (Å²) in [6.07, 6.45) is 4.59. The van der Waals surface area contributed by atoms with Crippen LogP contribution in [0.15, 0.2) is 24.3 Å². The van der Waals surface area contributed by atoms with Crippen molar-refractivity contribution >= 4 is 30.0 Å². The predicted octanol–water partition coefficient (Wildman–Crippen LogP) is 2.54. The van der Waals surface area contributed by atoms with E-state index in [0.29, 0.717) is 19.4 Å². The Morgan fingerprint density at radius 1 is 1.00 bits per heavy atom. The maximum atomic E-state index is 12.5. The monoisotopic (exact) mass is 395 g/mol. The molecule has 7 heteroatoms. The number of benzene rings is 1. The number of nitrogens with zero attached hydrogens (tertiary/aromatic N) is 1. The molecule has 150 valence electrons. The molecule has 0 radical (unpaired) electrons. The van der Waals surface area contributed by atoms with E-state index in [9.17, 15) is 9.59 Å². The van der Waals surface area contributed by atoms with Crippen LogP contribution in [0.4, 0.5) is 5.69 Å². The minimum Gasteiger partial charge on any atom is -0.481 e. The Labute approximate surface area is 166 Å². The number of aliphatic carboxylic acids is 1. The van der Waals surface area contributed by atoms with Gasteiger partial charge in [0, 0.05) is 37.3 Å². The summed E-state index contributed by atoms with van der Waals surface area (Å²) in [5, 5.41) is 12.2. The zero-order chi connectivity index (χ0) is 18.5. The molecule has 1 aromatic rings. The number of anilines is 1. The number of nitrogens with one attached hydrogen (secondary N) is 1. The molecule has 1 amide bonds. The smallest absolute Gasteiger partial charge is 0.306 e. The molecule has 1 aliphatic carbocycles. The van der Waals surface area contributed by atoms with Crippen LogP contribution >= 0.6 is 12.4 Å². The molecular weight excluding hydrogens is 366 g/mol. The number of carbonyl (C=O) groups excluding carboxylic acids is 1. The van der Waals surface area contributed by atoms with Gasteiger partial charge in [0.25, 0.3) is 0 Å². The van der Waals surface area contributed by atoms with Crippen LogP contribution in [0.5, 0.6) is 0 Å². The lowest BCUT2D eigenvalue weighted by Crippen LogP contribution is -2.45. The molecule has 1 aromatic carbocycles. The van der Waals surface area contributed by atoms with Crippen molar-refractivity contribution in [3.63, 3.8) is 0 Å². The fraction of sp³-hybridized carbons (Fsp3) is 0.600. The highest BCUT2D eigenvalue weighted by Gasteiger charge is 2.30. The Balaban J connectivity index is 0.00000261. The van der Waals surface area contributed by atoms with Gasteiger partial charge in [0.05, 0.1) is 5.92 Å². The molecule has 0 unspecified atom stereocenters. The van der Waals surface area contributed by atoms with E-state index in [4.69, 9.17) is 10.8 Å². The first-order valence-corrected chi connectivity index (χ1v) is 9.64. The molecule has 2 aliphatic rings. The summed E-state index contributed by atoms with van der Waals surface area (Å²) in [7, 11) is 0. The second kappa shape index (κ2) is 9.95. The lowest BCUT2D eigenvalue weighted by Gasteiger charge is -2.34. The topological polar surface area (TPSA) is 95.7 Å². The molecule has 2 fully saturated rings. The molecule has 6 nitrogen and oxygen atoms in total. The second-order valence-corrected chi connectivity index (χ2v) is 7.53. The molecule has 27 heavy (non-hydrogen) atoms. The Morgan fingerprint density at radius 3 is 2.11 bits per heavy atom. The SMILES string of the molecule is Cl.NCc1ccc(N2CCC(C(=O)N[C@H]3CC[C@H](C(=O)O)CC3)CC2)cc1. The summed E-state index contributed by atoms with van der Waals surface area (Å²) in [5.41, 5.74) is 7.96. The zero-order valence-corrected chi connectivity index (χ0v) is 16.4. The van der Waals surface area contributed by atoms with E-state index in [-0.39, 0.29) is 36.2 Å². The Kier molecular flexibility index (Phi) is 7.92. The van der Waals surface area contributed by atoms with Gasteiger partial charge < -0.3 is 21.1 Å². The van der Waals surface area contributed by atoms with Crippen molar-refractivity contribution in [2.75, 3.05) is 18.0 Å². The van der Waals surface area contributed by atoms with Gasteiger partial charge in [0.1, 0.15) is 0 Å². The van der Waals surface area contributed by atoms with E-state index >= 15 is 0 Å². The number of amides is 1. The first-order valence-electron chi connectivity index (χ1n) is 9.64. The maximum absolute atomic E-state index is 12.5. The maximum Gasteiger partial charge on any atom is 0.306 e. The zero-order valence-electron chi connectivity index (χ0n) is 15.6. The fourth-order valence-corrected chi connectivity index (χ4v) is 4.05. The van der Waals surface area contributed by atoms with Crippen LogP contribution in [-0.4, -0.2) is 36.1 Å². The second-order valence-electron chi connectivity index (χ2n) is 7.53. The van der Waals surface area contributed by atoms with Crippen LogP contribution in [0.25, 0.3) is 0 Å². The number of hydrogen-bond acceptors (Lipinski definition) is 4. The van der Waals surface area contributed by atoms with Gasteiger partial charge in [-0.2, -0.15) is 0 Å². The average Bonchev–Trinajstić information content (AvgIpc) is 2.68. The lowest BCUT2D eigenvalue weighted by atomic mass is 9.85. The van der Waals surface area contributed by atoms with Gasteiger partial charge in [-0.25, -0.2) is 0 Å². The quantitative estimate of drug-likeness (QED) is 0.712. The van der Waals surface area contributed by atoms with E-state index in [1.54, 1.807) is 0 Å². The number of carboxylic acids is 1. The van der Waals surface area contributed by atoms with E-state index in [0.717, 1.165) is 44.3 Å². The highest BCUT2D eigenvalue weighted by atomic mass is 35.5. The van der Waals surface area contributed by atoms with E-state index < -0.39 is 5.97 Å². The van der Waals surface area contributed by atoms with Crippen molar-refractivity contribution in [1.82, 2.24) is 5.32 Å². The van der Waals surface area contributed by atoms with Crippen LogP contribution in [-0.2, 0) is 16.1 Å². The van der Waals surface area contributed by atoms with Gasteiger partial charge in [-0.15, -0.1) is 12.4 Å². The van der Waals surface area contributed by atoms with Crippen LogP contribution in [0.2, 0.25) is 0 Å². The number of carbonyl (C=O) groups is 2. The summed E-state index contributed by atoms with van der Waals surface area (Å²) in [6.45, 7) is 2.31. The van der Waals surface area contributed by atoms with Gasteiger partial charge in [0.15, 0.2) is 0 Å². The molecule has 0 spiro atoms. The number of rotatable bonds is 5. The minimum absolute atomic E-state index is 0. The molecule has 1 saturated carbocycles. The highest BCUT2D eigenvalue weighted by molar-refractivity contribution is 5.85. The third-order valence-electron chi connectivity index (χ3n) is 5.83. The van der Waals surface area contributed by atoms with Gasteiger partial charge in [-0.3, -0.25) is 9.59 Å². The standard InChI is InChI=1S/C20H29N3O3.ClH/c21-13-14-1-7-18(8-2-14)23-11-9-15(10-12-23)19(24)22-17-5-3-16(4-6-17)20(25)26;/h1-2,7-8,15-17H,3-6,9-13,21H2,(H,22,24)(H,25,26);1H/t16-,17-;. The first-order chi connectivity index (χ1) is 12.6. The van der Waals surface area contributed by atoms with Gasteiger partial charge in [-0.1, -0.05) is 12.1 Å². The van der Waals surface area contributed by atoms with Gasteiger partial charge in [0.2, 0.25) is 5.91 Å². The number of nitrogens with two attached hydrogens (primary N) is 1. The fourth-order valence-electron chi connectivity index (χ4n) is 4.05. The summed E-state index contributed by atoms with van der Waals surface area (Å²) in [4.78, 5) is 25.9. The molecular formula is C20H30ClN3O3. The van der Waals surface area contributed by atoms with Crippen molar-refractivity contribution < 1.29 is 14.7 Å². The van der Waals surface area contributed by atoms with Crippen LogP contribution < -0.4 is 16.0 Å². The van der Waals surface area contributed by atoms with E-state index in [1.807, 2.05) is 0 Å².